The third-order valence-electron chi connectivity index (χ3n) is 4.02. The fourth-order valence-corrected chi connectivity index (χ4v) is 2.69. The number of methoxy groups -OCH3 is 1. The molecule has 2 N–H and O–H groups in total. The molecule has 0 spiro atoms. The molecule has 138 valence electrons. The molecule has 0 aromatic rings. The van der Waals surface area contributed by atoms with Crippen LogP contribution in [0.3, 0.4) is 0 Å². The van der Waals surface area contributed by atoms with Crippen LogP contribution in [0.25, 0.3) is 0 Å². The van der Waals surface area contributed by atoms with Gasteiger partial charge in [-0.1, -0.05) is 6.92 Å². The van der Waals surface area contributed by atoms with Crippen LogP contribution in [0.5, 0.6) is 0 Å². The lowest BCUT2D eigenvalue weighted by Crippen LogP contribution is -2.44. The van der Waals surface area contributed by atoms with Crippen LogP contribution >= 0.6 is 24.0 Å². The second kappa shape index (κ2) is 15.4. The Balaban J connectivity index is 0.00000484. The van der Waals surface area contributed by atoms with Crippen molar-refractivity contribution in [2.75, 3.05) is 66.7 Å². The lowest BCUT2D eigenvalue weighted by atomic mass is 9.98. The standard InChI is InChI=1S/C16H34N4O2.HI/c1-4-20-9-5-7-15(14-20)13-19-16(17-2)18-8-6-10-22-12-11-21-3;/h15H,4-14H2,1-3H3,(H2,17,18,19);1H. The maximum Gasteiger partial charge on any atom is 0.190 e. The Morgan fingerprint density at radius 1 is 1.26 bits per heavy atom. The van der Waals surface area contributed by atoms with Gasteiger partial charge in [-0.25, -0.2) is 0 Å². The highest BCUT2D eigenvalue weighted by atomic mass is 127. The van der Waals surface area contributed by atoms with Crippen molar-refractivity contribution in [1.82, 2.24) is 15.5 Å². The van der Waals surface area contributed by atoms with Crippen molar-refractivity contribution in [3.63, 3.8) is 0 Å². The van der Waals surface area contributed by atoms with Crippen molar-refractivity contribution in [3.8, 4) is 0 Å². The minimum absolute atomic E-state index is 0. The number of halogens is 1. The second-order valence-corrected chi connectivity index (χ2v) is 5.74. The first kappa shape index (κ1) is 22.9. The summed E-state index contributed by atoms with van der Waals surface area (Å²) >= 11 is 0. The van der Waals surface area contributed by atoms with E-state index in [-0.39, 0.29) is 24.0 Å². The first-order valence-electron chi connectivity index (χ1n) is 8.53. The van der Waals surface area contributed by atoms with Gasteiger partial charge in [0.05, 0.1) is 13.2 Å². The second-order valence-electron chi connectivity index (χ2n) is 5.74. The average Bonchev–Trinajstić information content (AvgIpc) is 2.57. The molecule has 0 aliphatic carbocycles. The van der Waals surface area contributed by atoms with Crippen LogP contribution in [0.15, 0.2) is 4.99 Å². The Kier molecular flexibility index (Phi) is 15.3. The smallest absolute Gasteiger partial charge is 0.190 e. The normalized spacial score (nSPS) is 19.3. The zero-order valence-electron chi connectivity index (χ0n) is 15.0. The summed E-state index contributed by atoms with van der Waals surface area (Å²) in [4.78, 5) is 6.81. The molecule has 7 heteroatoms. The Bertz CT molecular complexity index is 306. The number of piperidine rings is 1. The Morgan fingerprint density at radius 2 is 2.09 bits per heavy atom. The third kappa shape index (κ3) is 11.1. The van der Waals surface area contributed by atoms with Gasteiger partial charge in [0.2, 0.25) is 0 Å². The maximum absolute atomic E-state index is 5.44. The first-order valence-corrected chi connectivity index (χ1v) is 8.53. The number of hydrogen-bond donors (Lipinski definition) is 2. The molecule has 0 saturated carbocycles. The minimum Gasteiger partial charge on any atom is -0.382 e. The topological polar surface area (TPSA) is 58.1 Å². The summed E-state index contributed by atoms with van der Waals surface area (Å²) in [6.45, 7) is 9.81. The highest BCUT2D eigenvalue weighted by molar-refractivity contribution is 14.0. The van der Waals surface area contributed by atoms with Gasteiger partial charge < -0.3 is 25.0 Å². The number of guanidine groups is 1. The molecule has 0 radical (unpaired) electrons. The summed E-state index contributed by atoms with van der Waals surface area (Å²) in [5.74, 6) is 1.62. The van der Waals surface area contributed by atoms with Crippen molar-refractivity contribution in [3.05, 3.63) is 0 Å². The predicted octanol–water partition coefficient (Wildman–Crippen LogP) is 1.55. The molecule has 23 heavy (non-hydrogen) atoms. The molecule has 1 unspecified atom stereocenters. The van der Waals surface area contributed by atoms with E-state index in [1.165, 1.54) is 25.9 Å². The van der Waals surface area contributed by atoms with Crippen LogP contribution < -0.4 is 10.6 Å². The van der Waals surface area contributed by atoms with Gasteiger partial charge >= 0.3 is 0 Å². The van der Waals surface area contributed by atoms with Crippen LogP contribution in [-0.4, -0.2) is 77.6 Å². The van der Waals surface area contributed by atoms with E-state index in [1.54, 1.807) is 7.11 Å². The van der Waals surface area contributed by atoms with E-state index in [9.17, 15) is 0 Å². The zero-order chi connectivity index (χ0) is 16.0. The van der Waals surface area contributed by atoms with Crippen molar-refractivity contribution < 1.29 is 9.47 Å². The van der Waals surface area contributed by atoms with Gasteiger partial charge in [0.15, 0.2) is 5.96 Å². The van der Waals surface area contributed by atoms with E-state index in [2.05, 4.69) is 27.4 Å². The van der Waals surface area contributed by atoms with E-state index in [4.69, 9.17) is 9.47 Å². The molecule has 1 aliphatic heterocycles. The Morgan fingerprint density at radius 3 is 2.78 bits per heavy atom. The van der Waals surface area contributed by atoms with Crippen molar-refractivity contribution in [2.45, 2.75) is 26.2 Å². The molecular formula is C16H35IN4O2. The number of aliphatic imine (C=N–C) groups is 1. The van der Waals surface area contributed by atoms with Crippen LogP contribution in [0.1, 0.15) is 26.2 Å². The number of nitrogens with zero attached hydrogens (tertiary/aromatic N) is 2. The van der Waals surface area contributed by atoms with E-state index >= 15 is 0 Å². The van der Waals surface area contributed by atoms with E-state index in [1.807, 2.05) is 7.05 Å². The molecule has 1 fully saturated rings. The van der Waals surface area contributed by atoms with Crippen LogP contribution in [0, 0.1) is 5.92 Å². The summed E-state index contributed by atoms with van der Waals surface area (Å²) in [7, 11) is 3.51. The Labute approximate surface area is 158 Å². The van der Waals surface area contributed by atoms with Crippen LogP contribution in [0.4, 0.5) is 0 Å². The highest BCUT2D eigenvalue weighted by Crippen LogP contribution is 2.14. The lowest BCUT2D eigenvalue weighted by Gasteiger charge is -2.32. The molecule has 1 rings (SSSR count). The molecular weight excluding hydrogens is 407 g/mol. The van der Waals surface area contributed by atoms with Crippen molar-refractivity contribution >= 4 is 29.9 Å². The Hall–Kier alpha value is -0.120. The van der Waals surface area contributed by atoms with Gasteiger partial charge in [0.25, 0.3) is 0 Å². The molecule has 0 aromatic carbocycles. The number of ether oxygens (including phenoxy) is 2. The summed E-state index contributed by atoms with van der Waals surface area (Å²) in [6.07, 6.45) is 3.59. The number of rotatable bonds is 10. The van der Waals surface area contributed by atoms with Gasteiger partial charge in [-0.05, 0) is 38.3 Å². The molecule has 0 aromatic heterocycles. The molecule has 1 aliphatic rings. The van der Waals surface area contributed by atoms with Gasteiger partial charge in [-0.3, -0.25) is 4.99 Å². The van der Waals surface area contributed by atoms with Gasteiger partial charge in [-0.15, -0.1) is 24.0 Å². The molecule has 1 saturated heterocycles. The quantitative estimate of drug-likeness (QED) is 0.233. The van der Waals surface area contributed by atoms with Gasteiger partial charge in [-0.2, -0.15) is 0 Å². The fraction of sp³-hybridized carbons (Fsp3) is 0.938. The van der Waals surface area contributed by atoms with Gasteiger partial charge in [0, 0.05) is 40.4 Å². The summed E-state index contributed by atoms with van der Waals surface area (Å²) in [5.41, 5.74) is 0. The van der Waals surface area contributed by atoms with Crippen LogP contribution in [-0.2, 0) is 9.47 Å². The van der Waals surface area contributed by atoms with E-state index in [0.29, 0.717) is 13.2 Å². The van der Waals surface area contributed by atoms with Crippen molar-refractivity contribution in [1.29, 1.82) is 0 Å². The fourth-order valence-electron chi connectivity index (χ4n) is 2.69. The summed E-state index contributed by atoms with van der Waals surface area (Å²) < 4.78 is 10.4. The SMILES string of the molecule is CCN1CCCC(CNC(=NC)NCCCOCCOC)C1.I. The van der Waals surface area contributed by atoms with Crippen molar-refractivity contribution in [2.24, 2.45) is 10.9 Å². The summed E-state index contributed by atoms with van der Waals surface area (Å²) in [6, 6.07) is 0. The molecule has 0 amide bonds. The lowest BCUT2D eigenvalue weighted by molar-refractivity contribution is 0.0698. The highest BCUT2D eigenvalue weighted by Gasteiger charge is 2.18. The van der Waals surface area contributed by atoms with Gasteiger partial charge in [0.1, 0.15) is 0 Å². The monoisotopic (exact) mass is 442 g/mol. The molecule has 1 atom stereocenters. The first-order chi connectivity index (χ1) is 10.8. The average molecular weight is 442 g/mol. The van der Waals surface area contributed by atoms with Crippen LogP contribution in [0.2, 0.25) is 0 Å². The molecule has 0 bridgehead atoms. The predicted molar refractivity (Wildman–Crippen MR) is 107 cm³/mol. The third-order valence-corrected chi connectivity index (χ3v) is 4.02. The maximum atomic E-state index is 5.44. The summed E-state index contributed by atoms with van der Waals surface area (Å²) in [5, 5.41) is 6.79. The number of likely N-dealkylation sites (tertiary alicyclic amines) is 1. The number of hydrogen-bond acceptors (Lipinski definition) is 4. The van der Waals surface area contributed by atoms with E-state index < -0.39 is 0 Å². The number of nitrogens with one attached hydrogen (secondary N) is 2. The largest absolute Gasteiger partial charge is 0.382 e. The zero-order valence-corrected chi connectivity index (χ0v) is 17.3. The molecule has 6 nitrogen and oxygen atoms in total. The minimum atomic E-state index is 0. The van der Waals surface area contributed by atoms with E-state index in [0.717, 1.165) is 44.5 Å². The molecule has 1 heterocycles.